The molecule has 0 spiro atoms. The summed E-state index contributed by atoms with van der Waals surface area (Å²) in [5.74, 6) is 1.51. The fraction of sp³-hybridized carbons (Fsp3) is 0.500. The molecule has 5 heteroatoms. The van der Waals surface area contributed by atoms with Crippen LogP contribution in [0, 0.1) is 16.7 Å². The number of nitrogens with one attached hydrogen (secondary N) is 1. The molecule has 0 saturated carbocycles. The average Bonchev–Trinajstić information content (AvgIpc) is 2.42. The molecule has 0 aromatic heterocycles. The summed E-state index contributed by atoms with van der Waals surface area (Å²) in [6.45, 7) is 2.07. The van der Waals surface area contributed by atoms with Gasteiger partial charge in [-0.1, -0.05) is 6.07 Å². The van der Waals surface area contributed by atoms with Crippen LogP contribution in [0.15, 0.2) is 18.2 Å². The van der Waals surface area contributed by atoms with Crippen molar-refractivity contribution in [2.24, 2.45) is 5.41 Å². The fourth-order valence-electron chi connectivity index (χ4n) is 2.62. The first-order valence-electron chi connectivity index (χ1n) is 6.35. The van der Waals surface area contributed by atoms with Gasteiger partial charge in [0, 0.05) is 0 Å². The van der Waals surface area contributed by atoms with Gasteiger partial charge in [0.15, 0.2) is 11.5 Å². The fourth-order valence-corrected chi connectivity index (χ4v) is 2.62. The van der Waals surface area contributed by atoms with Gasteiger partial charge in [-0.25, -0.2) is 0 Å². The predicted octanol–water partition coefficient (Wildman–Crippen LogP) is 1.26. The van der Waals surface area contributed by atoms with Crippen molar-refractivity contribution in [3.63, 3.8) is 0 Å². The number of hydrogen-bond donors (Lipinski definition) is 1. The van der Waals surface area contributed by atoms with Crippen LogP contribution in [0.3, 0.4) is 0 Å². The van der Waals surface area contributed by atoms with Gasteiger partial charge in [-0.2, -0.15) is 5.26 Å². The third-order valence-corrected chi connectivity index (χ3v) is 3.68. The molecule has 19 heavy (non-hydrogen) atoms. The first-order valence-corrected chi connectivity index (χ1v) is 6.35. The highest BCUT2D eigenvalue weighted by Gasteiger charge is 2.46. The van der Waals surface area contributed by atoms with E-state index in [9.17, 15) is 5.26 Å². The van der Waals surface area contributed by atoms with Crippen molar-refractivity contribution < 1.29 is 14.2 Å². The summed E-state index contributed by atoms with van der Waals surface area (Å²) in [7, 11) is 1.86. The van der Waals surface area contributed by atoms with Gasteiger partial charge in [-0.3, -0.25) is 0 Å². The van der Waals surface area contributed by atoms with Crippen LogP contribution in [0.25, 0.3) is 0 Å². The predicted molar refractivity (Wildman–Crippen MR) is 68.1 cm³/mol. The SMILES string of the molecule is CNC(c1ccc2c(c1)OCCO2)C1(C#N)COC1. The minimum absolute atomic E-state index is 0.0675. The van der Waals surface area contributed by atoms with E-state index < -0.39 is 5.41 Å². The van der Waals surface area contributed by atoms with Gasteiger partial charge in [-0.15, -0.1) is 0 Å². The maximum absolute atomic E-state index is 9.41. The third kappa shape index (κ3) is 1.93. The van der Waals surface area contributed by atoms with Crippen LogP contribution in [0.4, 0.5) is 0 Å². The van der Waals surface area contributed by atoms with Gasteiger partial charge in [0.1, 0.15) is 18.6 Å². The van der Waals surface area contributed by atoms with E-state index in [2.05, 4.69) is 11.4 Å². The molecule has 1 atom stereocenters. The molecule has 2 aliphatic heterocycles. The van der Waals surface area contributed by atoms with Crippen LogP contribution in [0.1, 0.15) is 11.6 Å². The van der Waals surface area contributed by atoms with Crippen LogP contribution in [-0.2, 0) is 4.74 Å². The molecule has 1 unspecified atom stereocenters. The largest absolute Gasteiger partial charge is 0.486 e. The average molecular weight is 260 g/mol. The quantitative estimate of drug-likeness (QED) is 0.886. The Morgan fingerprint density at radius 3 is 2.58 bits per heavy atom. The molecule has 1 aromatic carbocycles. The van der Waals surface area contributed by atoms with Crippen LogP contribution in [0.2, 0.25) is 0 Å². The summed E-state index contributed by atoms with van der Waals surface area (Å²) in [6.07, 6.45) is 0. The molecule has 1 N–H and O–H groups in total. The van der Waals surface area contributed by atoms with Gasteiger partial charge in [0.2, 0.25) is 0 Å². The molecule has 100 valence electrons. The Morgan fingerprint density at radius 2 is 2.00 bits per heavy atom. The van der Waals surface area contributed by atoms with Crippen molar-refractivity contribution >= 4 is 0 Å². The Morgan fingerprint density at radius 1 is 1.26 bits per heavy atom. The van der Waals surface area contributed by atoms with Gasteiger partial charge >= 0.3 is 0 Å². The van der Waals surface area contributed by atoms with Gasteiger partial charge < -0.3 is 19.5 Å². The lowest BCUT2D eigenvalue weighted by Gasteiger charge is -2.41. The molecule has 0 bridgehead atoms. The van der Waals surface area contributed by atoms with E-state index in [1.54, 1.807) is 0 Å². The number of fused-ring (bicyclic) bond motifs is 1. The Labute approximate surface area is 112 Å². The lowest BCUT2D eigenvalue weighted by Crippen LogP contribution is -2.50. The number of nitriles is 1. The van der Waals surface area contributed by atoms with Crippen molar-refractivity contribution in [2.45, 2.75) is 6.04 Å². The Balaban J connectivity index is 1.94. The molecule has 1 saturated heterocycles. The van der Waals surface area contributed by atoms with E-state index in [-0.39, 0.29) is 6.04 Å². The van der Waals surface area contributed by atoms with Crippen molar-refractivity contribution in [3.8, 4) is 17.6 Å². The van der Waals surface area contributed by atoms with Crippen molar-refractivity contribution in [2.75, 3.05) is 33.5 Å². The molecule has 1 fully saturated rings. The van der Waals surface area contributed by atoms with Crippen molar-refractivity contribution in [3.05, 3.63) is 23.8 Å². The maximum Gasteiger partial charge on any atom is 0.161 e. The standard InChI is InChI=1S/C14H16N2O3/c1-16-13(14(7-15)8-17-9-14)10-2-3-11-12(6-10)19-5-4-18-11/h2-3,6,13,16H,4-5,8-9H2,1H3. The summed E-state index contributed by atoms with van der Waals surface area (Å²) in [5, 5.41) is 12.6. The summed E-state index contributed by atoms with van der Waals surface area (Å²) >= 11 is 0. The molecule has 1 aromatic rings. The summed E-state index contributed by atoms with van der Waals surface area (Å²) in [4.78, 5) is 0. The summed E-state index contributed by atoms with van der Waals surface area (Å²) in [6, 6.07) is 8.15. The molecule has 2 aliphatic rings. The molecule has 3 rings (SSSR count). The van der Waals surface area contributed by atoms with Crippen molar-refractivity contribution in [1.82, 2.24) is 5.32 Å². The number of rotatable bonds is 3. The second-order valence-corrected chi connectivity index (χ2v) is 4.89. The Bertz CT molecular complexity index is 520. The van der Waals surface area contributed by atoms with Gasteiger partial charge in [0.05, 0.1) is 25.3 Å². The van der Waals surface area contributed by atoms with E-state index in [1.807, 2.05) is 25.2 Å². The van der Waals surface area contributed by atoms with Crippen LogP contribution in [0.5, 0.6) is 11.5 Å². The van der Waals surface area contributed by atoms with Crippen molar-refractivity contribution in [1.29, 1.82) is 5.26 Å². The third-order valence-electron chi connectivity index (χ3n) is 3.68. The normalized spacial score (nSPS) is 21.1. The zero-order valence-electron chi connectivity index (χ0n) is 10.8. The van der Waals surface area contributed by atoms with E-state index in [1.165, 1.54) is 0 Å². The van der Waals surface area contributed by atoms with E-state index >= 15 is 0 Å². The molecule has 5 nitrogen and oxygen atoms in total. The maximum atomic E-state index is 9.41. The molecule has 0 aliphatic carbocycles. The molecule has 2 heterocycles. The minimum atomic E-state index is -0.488. The lowest BCUT2D eigenvalue weighted by atomic mass is 9.76. The zero-order chi connectivity index (χ0) is 13.3. The first-order chi connectivity index (χ1) is 9.29. The van der Waals surface area contributed by atoms with Crippen LogP contribution >= 0.6 is 0 Å². The molecular formula is C14H16N2O3. The summed E-state index contributed by atoms with van der Waals surface area (Å²) < 4.78 is 16.3. The highest BCUT2D eigenvalue weighted by molar-refractivity contribution is 5.45. The van der Waals surface area contributed by atoms with E-state index in [0.29, 0.717) is 26.4 Å². The first kappa shape index (κ1) is 12.3. The lowest BCUT2D eigenvalue weighted by molar-refractivity contribution is -0.0964. The van der Waals surface area contributed by atoms with E-state index in [0.717, 1.165) is 17.1 Å². The highest BCUT2D eigenvalue weighted by Crippen LogP contribution is 2.42. The molecular weight excluding hydrogens is 244 g/mol. The zero-order valence-corrected chi connectivity index (χ0v) is 10.8. The minimum Gasteiger partial charge on any atom is -0.486 e. The molecule has 0 amide bonds. The Hall–Kier alpha value is -1.77. The van der Waals surface area contributed by atoms with Gasteiger partial charge in [-0.05, 0) is 24.7 Å². The molecule has 0 radical (unpaired) electrons. The summed E-state index contributed by atoms with van der Waals surface area (Å²) in [5.41, 5.74) is 0.537. The number of benzene rings is 1. The number of hydrogen-bond acceptors (Lipinski definition) is 5. The monoisotopic (exact) mass is 260 g/mol. The second kappa shape index (κ2) is 4.72. The number of ether oxygens (including phenoxy) is 3. The van der Waals surface area contributed by atoms with Crippen LogP contribution in [-0.4, -0.2) is 33.5 Å². The van der Waals surface area contributed by atoms with Gasteiger partial charge in [0.25, 0.3) is 0 Å². The second-order valence-electron chi connectivity index (χ2n) is 4.89. The van der Waals surface area contributed by atoms with E-state index in [4.69, 9.17) is 14.2 Å². The number of nitrogens with zero attached hydrogens (tertiary/aromatic N) is 1. The Kier molecular flexibility index (Phi) is 3.05. The van der Waals surface area contributed by atoms with Crippen LogP contribution < -0.4 is 14.8 Å². The smallest absolute Gasteiger partial charge is 0.161 e. The highest BCUT2D eigenvalue weighted by atomic mass is 16.6. The topological polar surface area (TPSA) is 63.5 Å².